The molecule has 2 aromatic heterocycles. The Morgan fingerprint density at radius 1 is 1.11 bits per heavy atom. The van der Waals surface area contributed by atoms with Crippen molar-refractivity contribution in [3.63, 3.8) is 0 Å². The Kier molecular flexibility index (Phi) is 6.72. The summed E-state index contributed by atoms with van der Waals surface area (Å²) >= 11 is 0. The van der Waals surface area contributed by atoms with Crippen LogP contribution in [0.4, 0.5) is 0 Å². The second-order valence-corrected chi connectivity index (χ2v) is 8.84. The number of rotatable bonds is 5. The minimum absolute atomic E-state index is 0.0852. The first-order chi connectivity index (χ1) is 16.7. The third kappa shape index (κ3) is 4.68. The van der Waals surface area contributed by atoms with Gasteiger partial charge in [0.1, 0.15) is 22.7 Å². The van der Waals surface area contributed by atoms with Crippen LogP contribution in [0.1, 0.15) is 48.9 Å². The number of nitrogens with zero attached hydrogens (tertiary/aromatic N) is 5. The predicted molar refractivity (Wildman–Crippen MR) is 128 cm³/mol. The molecule has 2 amide bonds. The van der Waals surface area contributed by atoms with Crippen LogP contribution in [0.15, 0.2) is 33.7 Å². The molecule has 0 bridgehead atoms. The minimum Gasteiger partial charge on any atom is -0.496 e. The number of methoxy groups -OCH3 is 1. The Morgan fingerprint density at radius 2 is 1.89 bits per heavy atom. The molecule has 3 aromatic rings. The van der Waals surface area contributed by atoms with E-state index >= 15 is 0 Å². The third-order valence-corrected chi connectivity index (χ3v) is 6.42. The molecule has 0 spiro atoms. The minimum atomic E-state index is -0.317. The molecule has 4 rings (SSSR count). The average Bonchev–Trinajstić information content (AvgIpc) is 3.10. The van der Waals surface area contributed by atoms with Crippen LogP contribution in [-0.2, 0) is 19.5 Å². The van der Waals surface area contributed by atoms with E-state index in [0.717, 1.165) is 11.1 Å². The highest BCUT2D eigenvalue weighted by atomic mass is 16.6. The van der Waals surface area contributed by atoms with Crippen LogP contribution in [0.5, 0.6) is 5.75 Å². The molecular weight excluding hydrogens is 450 g/mol. The zero-order chi connectivity index (χ0) is 25.3. The first kappa shape index (κ1) is 24.2. The fourth-order valence-corrected chi connectivity index (χ4v) is 4.36. The van der Waals surface area contributed by atoms with Crippen LogP contribution in [0, 0.1) is 20.8 Å². The number of aromatic nitrogens is 3. The monoisotopic (exact) mass is 479 g/mol. The summed E-state index contributed by atoms with van der Waals surface area (Å²) < 4.78 is 11.8. The molecule has 0 atom stereocenters. The summed E-state index contributed by atoms with van der Waals surface area (Å²) in [5.74, 6) is -0.192. The van der Waals surface area contributed by atoms with Crippen molar-refractivity contribution < 1.29 is 19.0 Å². The Morgan fingerprint density at radius 3 is 2.57 bits per heavy atom. The molecule has 0 N–H and O–H groups in total. The van der Waals surface area contributed by atoms with Crippen LogP contribution in [0.3, 0.4) is 0 Å². The van der Waals surface area contributed by atoms with Gasteiger partial charge in [0.25, 0.3) is 17.4 Å². The SMILES string of the molecule is COc1cc(=O)n2c(c1C(=O)N(C)Cc1nonc1C)CCN(C(=O)c1cc(C)ccc1C)CC2. The van der Waals surface area contributed by atoms with Crippen LogP contribution in [-0.4, -0.2) is 63.7 Å². The lowest BCUT2D eigenvalue weighted by Gasteiger charge is -2.22. The summed E-state index contributed by atoms with van der Waals surface area (Å²) in [5, 5.41) is 7.61. The number of pyridine rings is 1. The molecule has 0 radical (unpaired) electrons. The smallest absolute Gasteiger partial charge is 0.259 e. The van der Waals surface area contributed by atoms with Gasteiger partial charge in [-0.2, -0.15) is 0 Å². The molecule has 184 valence electrons. The zero-order valence-electron chi connectivity index (χ0n) is 20.6. The van der Waals surface area contributed by atoms with Crippen molar-refractivity contribution in [3.05, 3.63) is 74.0 Å². The molecule has 10 heteroatoms. The van der Waals surface area contributed by atoms with Gasteiger partial charge in [-0.15, -0.1) is 0 Å². The summed E-state index contributed by atoms with van der Waals surface area (Å²) in [6, 6.07) is 7.12. The van der Waals surface area contributed by atoms with Gasteiger partial charge in [0, 0.05) is 50.4 Å². The summed E-state index contributed by atoms with van der Waals surface area (Å²) in [6.07, 6.45) is 0.336. The van der Waals surface area contributed by atoms with E-state index in [1.807, 2.05) is 32.0 Å². The molecule has 1 aromatic carbocycles. The van der Waals surface area contributed by atoms with Gasteiger partial charge in [-0.05, 0) is 32.4 Å². The first-order valence-corrected chi connectivity index (χ1v) is 11.4. The third-order valence-electron chi connectivity index (χ3n) is 6.42. The lowest BCUT2D eigenvalue weighted by Crippen LogP contribution is -2.34. The molecule has 0 unspecified atom stereocenters. The molecule has 0 aliphatic carbocycles. The average molecular weight is 480 g/mol. The lowest BCUT2D eigenvalue weighted by atomic mass is 10.0. The van der Waals surface area contributed by atoms with Crippen LogP contribution in [0.2, 0.25) is 0 Å². The van der Waals surface area contributed by atoms with Gasteiger partial charge in [0.2, 0.25) is 0 Å². The Hall–Kier alpha value is -3.95. The summed E-state index contributed by atoms with van der Waals surface area (Å²) in [7, 11) is 3.08. The number of amides is 2. The quantitative estimate of drug-likeness (QED) is 0.551. The van der Waals surface area contributed by atoms with Gasteiger partial charge in [-0.1, -0.05) is 28.0 Å². The molecule has 3 heterocycles. The Bertz CT molecular complexity index is 1340. The van der Waals surface area contributed by atoms with Crippen LogP contribution in [0.25, 0.3) is 0 Å². The number of ether oxygens (including phenoxy) is 1. The van der Waals surface area contributed by atoms with E-state index in [1.165, 1.54) is 18.1 Å². The van der Waals surface area contributed by atoms with Crippen molar-refractivity contribution in [3.8, 4) is 5.75 Å². The fraction of sp³-hybridized carbons (Fsp3) is 0.400. The van der Waals surface area contributed by atoms with Gasteiger partial charge in [0.15, 0.2) is 0 Å². The van der Waals surface area contributed by atoms with Crippen molar-refractivity contribution in [2.45, 2.75) is 40.3 Å². The van der Waals surface area contributed by atoms with E-state index < -0.39 is 0 Å². The van der Waals surface area contributed by atoms with E-state index in [0.29, 0.717) is 47.7 Å². The number of aryl methyl sites for hydroxylation is 3. The Balaban J connectivity index is 1.66. The zero-order valence-corrected chi connectivity index (χ0v) is 20.6. The molecule has 35 heavy (non-hydrogen) atoms. The summed E-state index contributed by atoms with van der Waals surface area (Å²) in [6.45, 7) is 6.81. The fourth-order valence-electron chi connectivity index (χ4n) is 4.36. The van der Waals surface area contributed by atoms with Gasteiger partial charge >= 0.3 is 0 Å². The van der Waals surface area contributed by atoms with Crippen molar-refractivity contribution in [2.24, 2.45) is 0 Å². The highest BCUT2D eigenvalue weighted by Crippen LogP contribution is 2.25. The predicted octanol–water partition coefficient (Wildman–Crippen LogP) is 2.14. The number of carbonyl (C=O) groups is 2. The van der Waals surface area contributed by atoms with Crippen LogP contribution >= 0.6 is 0 Å². The largest absolute Gasteiger partial charge is 0.496 e. The number of fused-ring (bicyclic) bond motifs is 1. The second-order valence-electron chi connectivity index (χ2n) is 8.84. The molecule has 0 saturated carbocycles. The van der Waals surface area contributed by atoms with Crippen molar-refractivity contribution >= 4 is 11.8 Å². The van der Waals surface area contributed by atoms with Gasteiger partial charge in [-0.25, -0.2) is 4.63 Å². The number of benzene rings is 1. The summed E-state index contributed by atoms with van der Waals surface area (Å²) in [4.78, 5) is 43.0. The standard InChI is InChI=1S/C25H29N5O5/c1-15-6-7-16(2)18(12-15)24(32)29-9-8-20-23(21(34-5)13-22(31)30(20)11-10-29)25(33)28(4)14-19-17(3)26-35-27-19/h6-7,12-13H,8-11,14H2,1-5H3. The highest BCUT2D eigenvalue weighted by molar-refractivity contribution is 5.98. The van der Waals surface area contributed by atoms with E-state index in [2.05, 4.69) is 10.3 Å². The van der Waals surface area contributed by atoms with E-state index in [1.54, 1.807) is 23.4 Å². The summed E-state index contributed by atoms with van der Waals surface area (Å²) in [5.41, 5.74) is 4.29. The van der Waals surface area contributed by atoms with E-state index in [-0.39, 0.29) is 36.2 Å². The normalized spacial score (nSPS) is 13.2. The maximum Gasteiger partial charge on any atom is 0.259 e. The highest BCUT2D eigenvalue weighted by Gasteiger charge is 2.29. The van der Waals surface area contributed by atoms with Crippen LogP contribution < -0.4 is 10.3 Å². The van der Waals surface area contributed by atoms with Gasteiger partial charge in [-0.3, -0.25) is 14.4 Å². The molecule has 1 aliphatic rings. The van der Waals surface area contributed by atoms with Crippen molar-refractivity contribution in [1.82, 2.24) is 24.7 Å². The van der Waals surface area contributed by atoms with Crippen molar-refractivity contribution in [1.29, 1.82) is 0 Å². The van der Waals surface area contributed by atoms with E-state index in [9.17, 15) is 14.4 Å². The number of hydrogen-bond acceptors (Lipinski definition) is 7. The maximum atomic E-state index is 13.5. The molecule has 1 aliphatic heterocycles. The number of carbonyl (C=O) groups excluding carboxylic acids is 2. The number of hydrogen-bond donors (Lipinski definition) is 0. The molecular formula is C25H29N5O5. The maximum absolute atomic E-state index is 13.5. The topological polar surface area (TPSA) is 111 Å². The second kappa shape index (κ2) is 9.73. The molecule has 10 nitrogen and oxygen atoms in total. The van der Waals surface area contributed by atoms with E-state index in [4.69, 9.17) is 9.37 Å². The Labute approximate surface area is 203 Å². The van der Waals surface area contributed by atoms with Gasteiger partial charge < -0.3 is 19.1 Å². The first-order valence-electron chi connectivity index (χ1n) is 11.4. The van der Waals surface area contributed by atoms with Gasteiger partial charge in [0.05, 0.1) is 13.7 Å². The molecule has 0 fully saturated rings. The lowest BCUT2D eigenvalue weighted by molar-refractivity contribution is 0.0757. The molecule has 0 saturated heterocycles. The van der Waals surface area contributed by atoms with Crippen molar-refractivity contribution in [2.75, 3.05) is 27.2 Å².